The Kier molecular flexibility index (Phi) is 1.73. The molecule has 1 heterocycles. The van der Waals surface area contributed by atoms with Crippen molar-refractivity contribution in [1.82, 2.24) is 10.1 Å². The van der Waals surface area contributed by atoms with Crippen molar-refractivity contribution in [1.29, 1.82) is 0 Å². The standard InChI is InChI=1S/C9H13N3O/c1-3-6(2)7-11-8(13-12-7)9(10)4-5-9/h3,6H,1,4-5,10H2,2H3. The van der Waals surface area contributed by atoms with Crippen LogP contribution >= 0.6 is 0 Å². The Morgan fingerprint density at radius 2 is 2.38 bits per heavy atom. The molecule has 13 heavy (non-hydrogen) atoms. The van der Waals surface area contributed by atoms with Gasteiger partial charge >= 0.3 is 0 Å². The number of hydrogen-bond donors (Lipinski definition) is 1. The Morgan fingerprint density at radius 1 is 1.69 bits per heavy atom. The van der Waals surface area contributed by atoms with Gasteiger partial charge in [0.15, 0.2) is 5.82 Å². The van der Waals surface area contributed by atoms with E-state index in [4.69, 9.17) is 10.3 Å². The smallest absolute Gasteiger partial charge is 0.246 e. The molecule has 0 aromatic carbocycles. The number of nitrogens with zero attached hydrogens (tertiary/aromatic N) is 2. The van der Waals surface area contributed by atoms with Crippen LogP contribution in [0, 0.1) is 0 Å². The molecule has 0 aliphatic heterocycles. The zero-order valence-electron chi connectivity index (χ0n) is 7.66. The second-order valence-corrected chi connectivity index (χ2v) is 3.64. The summed E-state index contributed by atoms with van der Waals surface area (Å²) >= 11 is 0. The van der Waals surface area contributed by atoms with Crippen molar-refractivity contribution in [3.63, 3.8) is 0 Å². The van der Waals surface area contributed by atoms with Gasteiger partial charge in [-0.1, -0.05) is 18.2 Å². The molecule has 4 nitrogen and oxygen atoms in total. The van der Waals surface area contributed by atoms with Gasteiger partial charge < -0.3 is 10.3 Å². The molecule has 1 aliphatic carbocycles. The van der Waals surface area contributed by atoms with Crippen LogP contribution < -0.4 is 5.73 Å². The summed E-state index contributed by atoms with van der Waals surface area (Å²) in [6.07, 6.45) is 3.67. The highest BCUT2D eigenvalue weighted by molar-refractivity contribution is 5.13. The van der Waals surface area contributed by atoms with Gasteiger partial charge in [0.2, 0.25) is 5.89 Å². The van der Waals surface area contributed by atoms with Crippen molar-refractivity contribution in [3.05, 3.63) is 24.4 Å². The van der Waals surface area contributed by atoms with Crippen LogP contribution in [0.3, 0.4) is 0 Å². The lowest BCUT2D eigenvalue weighted by atomic mass is 10.2. The zero-order valence-corrected chi connectivity index (χ0v) is 7.66. The minimum absolute atomic E-state index is 0.125. The highest BCUT2D eigenvalue weighted by atomic mass is 16.5. The third kappa shape index (κ3) is 1.37. The first-order valence-electron chi connectivity index (χ1n) is 4.41. The predicted molar refractivity (Wildman–Crippen MR) is 48.0 cm³/mol. The molecule has 1 aliphatic rings. The molecule has 2 rings (SSSR count). The Bertz CT molecular complexity index is 327. The summed E-state index contributed by atoms with van der Waals surface area (Å²) in [7, 11) is 0. The van der Waals surface area contributed by atoms with Crippen LogP contribution in [-0.4, -0.2) is 10.1 Å². The highest BCUT2D eigenvalue weighted by Crippen LogP contribution is 2.41. The summed E-state index contributed by atoms with van der Waals surface area (Å²) in [6.45, 7) is 5.64. The van der Waals surface area contributed by atoms with Crippen molar-refractivity contribution < 1.29 is 4.52 Å². The van der Waals surface area contributed by atoms with E-state index in [2.05, 4.69) is 16.7 Å². The fourth-order valence-corrected chi connectivity index (χ4v) is 1.08. The van der Waals surface area contributed by atoms with E-state index in [9.17, 15) is 0 Å². The van der Waals surface area contributed by atoms with Gasteiger partial charge in [-0.05, 0) is 12.8 Å². The molecule has 0 radical (unpaired) electrons. The first-order chi connectivity index (χ1) is 6.15. The van der Waals surface area contributed by atoms with E-state index in [1.54, 1.807) is 6.08 Å². The molecule has 0 bridgehead atoms. The van der Waals surface area contributed by atoms with E-state index >= 15 is 0 Å². The van der Waals surface area contributed by atoms with Crippen LogP contribution in [0.15, 0.2) is 17.2 Å². The lowest BCUT2D eigenvalue weighted by Gasteiger charge is -1.98. The molecule has 1 atom stereocenters. The van der Waals surface area contributed by atoms with E-state index in [0.717, 1.165) is 12.8 Å². The van der Waals surface area contributed by atoms with E-state index in [1.807, 2.05) is 6.92 Å². The molecule has 2 N–H and O–H groups in total. The Hall–Kier alpha value is -1.16. The molecule has 0 spiro atoms. The maximum Gasteiger partial charge on any atom is 0.246 e. The minimum Gasteiger partial charge on any atom is -0.337 e. The van der Waals surface area contributed by atoms with Gasteiger partial charge in [-0.25, -0.2) is 0 Å². The highest BCUT2D eigenvalue weighted by Gasteiger charge is 2.45. The number of hydrogen-bond acceptors (Lipinski definition) is 4. The number of allylic oxidation sites excluding steroid dienone is 1. The fraction of sp³-hybridized carbons (Fsp3) is 0.556. The van der Waals surface area contributed by atoms with Crippen LogP contribution in [0.4, 0.5) is 0 Å². The fourth-order valence-electron chi connectivity index (χ4n) is 1.08. The number of aromatic nitrogens is 2. The molecule has 0 saturated heterocycles. The van der Waals surface area contributed by atoms with Gasteiger partial charge in [0.25, 0.3) is 0 Å². The van der Waals surface area contributed by atoms with E-state index in [0.29, 0.717) is 11.7 Å². The average molecular weight is 179 g/mol. The number of nitrogens with two attached hydrogens (primary N) is 1. The Balaban J connectivity index is 2.23. The van der Waals surface area contributed by atoms with E-state index in [1.165, 1.54) is 0 Å². The van der Waals surface area contributed by atoms with Crippen LogP contribution in [0.2, 0.25) is 0 Å². The monoisotopic (exact) mass is 179 g/mol. The second kappa shape index (κ2) is 2.67. The summed E-state index contributed by atoms with van der Waals surface area (Å²) in [6, 6.07) is 0. The Morgan fingerprint density at radius 3 is 2.92 bits per heavy atom. The van der Waals surface area contributed by atoms with Crippen molar-refractivity contribution in [2.45, 2.75) is 31.2 Å². The maximum atomic E-state index is 5.90. The summed E-state index contributed by atoms with van der Waals surface area (Å²) in [5.41, 5.74) is 5.57. The molecule has 70 valence electrons. The average Bonchev–Trinajstić information content (AvgIpc) is 2.72. The van der Waals surface area contributed by atoms with Gasteiger partial charge in [0.05, 0.1) is 5.54 Å². The predicted octanol–water partition coefficient (Wildman–Crippen LogP) is 1.31. The summed E-state index contributed by atoms with van der Waals surface area (Å²) in [5, 5.41) is 3.86. The second-order valence-electron chi connectivity index (χ2n) is 3.64. The first-order valence-corrected chi connectivity index (χ1v) is 4.41. The van der Waals surface area contributed by atoms with Gasteiger partial charge in [0.1, 0.15) is 0 Å². The lowest BCUT2D eigenvalue weighted by Crippen LogP contribution is -2.19. The van der Waals surface area contributed by atoms with E-state index in [-0.39, 0.29) is 11.5 Å². The summed E-state index contributed by atoms with van der Waals surface area (Å²) in [4.78, 5) is 4.24. The molecule has 1 aromatic heterocycles. The summed E-state index contributed by atoms with van der Waals surface area (Å²) < 4.78 is 5.08. The SMILES string of the molecule is C=CC(C)c1noc(C2(N)CC2)n1. The van der Waals surface area contributed by atoms with E-state index < -0.39 is 0 Å². The quantitative estimate of drug-likeness (QED) is 0.710. The van der Waals surface area contributed by atoms with Crippen LogP contribution in [0.25, 0.3) is 0 Å². The Labute approximate surface area is 76.8 Å². The minimum atomic E-state index is -0.327. The largest absolute Gasteiger partial charge is 0.337 e. The molecule has 1 fully saturated rings. The van der Waals surface area contributed by atoms with Crippen molar-refractivity contribution in [2.24, 2.45) is 5.73 Å². The molecule has 1 saturated carbocycles. The zero-order chi connectivity index (χ0) is 9.47. The lowest BCUT2D eigenvalue weighted by molar-refractivity contribution is 0.343. The van der Waals surface area contributed by atoms with Crippen LogP contribution in [0.5, 0.6) is 0 Å². The summed E-state index contributed by atoms with van der Waals surface area (Å²) in [5.74, 6) is 1.36. The third-order valence-electron chi connectivity index (χ3n) is 2.42. The molecule has 0 amide bonds. The molecular weight excluding hydrogens is 166 g/mol. The molecule has 1 aromatic rings. The van der Waals surface area contributed by atoms with Crippen molar-refractivity contribution in [2.75, 3.05) is 0 Å². The van der Waals surface area contributed by atoms with Crippen molar-refractivity contribution >= 4 is 0 Å². The number of rotatable bonds is 3. The first kappa shape index (κ1) is 8.44. The topological polar surface area (TPSA) is 64.9 Å². The normalized spacial score (nSPS) is 21.1. The van der Waals surface area contributed by atoms with Crippen LogP contribution in [-0.2, 0) is 5.54 Å². The van der Waals surface area contributed by atoms with Crippen LogP contribution in [0.1, 0.15) is 37.4 Å². The third-order valence-corrected chi connectivity index (χ3v) is 2.42. The van der Waals surface area contributed by atoms with Gasteiger partial charge in [-0.2, -0.15) is 4.98 Å². The van der Waals surface area contributed by atoms with Gasteiger partial charge in [-0.15, -0.1) is 6.58 Å². The molecular formula is C9H13N3O. The van der Waals surface area contributed by atoms with Crippen molar-refractivity contribution in [3.8, 4) is 0 Å². The van der Waals surface area contributed by atoms with Gasteiger partial charge in [0, 0.05) is 5.92 Å². The molecule has 1 unspecified atom stereocenters. The molecule has 4 heteroatoms. The van der Waals surface area contributed by atoms with Gasteiger partial charge in [-0.3, -0.25) is 0 Å². The maximum absolute atomic E-state index is 5.90.